The molecule has 0 N–H and O–H groups in total. The third kappa shape index (κ3) is 3.09. The molecule has 0 radical (unpaired) electrons. The second-order valence-corrected chi connectivity index (χ2v) is 6.27. The van der Waals surface area contributed by atoms with Gasteiger partial charge in [0.25, 0.3) is 0 Å². The molecule has 26 heavy (non-hydrogen) atoms. The van der Waals surface area contributed by atoms with Gasteiger partial charge in [-0.25, -0.2) is 4.79 Å². The predicted octanol–water partition coefficient (Wildman–Crippen LogP) is 4.40. The minimum atomic E-state index is -0.528. The standard InChI is InChI=1S/C20H14ClNO4/c21-14-8-9-16-18(12-14)26-20(24)22(16)11-10-19(23)25-17-7-3-5-13-4-1-2-6-15(13)17/h1-9,12H,10-11H2. The van der Waals surface area contributed by atoms with Crippen molar-refractivity contribution in [3.05, 3.63) is 76.2 Å². The van der Waals surface area contributed by atoms with E-state index in [2.05, 4.69) is 0 Å². The van der Waals surface area contributed by atoms with E-state index in [-0.39, 0.29) is 13.0 Å². The molecule has 6 heteroatoms. The molecular weight excluding hydrogens is 354 g/mol. The van der Waals surface area contributed by atoms with Crippen LogP contribution in [0.25, 0.3) is 21.9 Å². The molecule has 3 aromatic carbocycles. The summed E-state index contributed by atoms with van der Waals surface area (Å²) >= 11 is 5.90. The number of carbonyl (C=O) groups excluding carboxylic acids is 1. The van der Waals surface area contributed by atoms with E-state index in [9.17, 15) is 9.59 Å². The number of oxazole rings is 1. The van der Waals surface area contributed by atoms with E-state index in [1.54, 1.807) is 24.3 Å². The van der Waals surface area contributed by atoms with Crippen molar-refractivity contribution in [2.45, 2.75) is 13.0 Å². The first kappa shape index (κ1) is 16.4. The van der Waals surface area contributed by atoms with Crippen molar-refractivity contribution in [1.29, 1.82) is 0 Å². The van der Waals surface area contributed by atoms with Gasteiger partial charge in [-0.1, -0.05) is 48.0 Å². The van der Waals surface area contributed by atoms with Gasteiger partial charge >= 0.3 is 11.7 Å². The molecule has 130 valence electrons. The molecule has 0 fully saturated rings. The van der Waals surface area contributed by atoms with Crippen molar-refractivity contribution in [3.8, 4) is 5.75 Å². The molecule has 0 saturated heterocycles. The summed E-state index contributed by atoms with van der Waals surface area (Å²) in [4.78, 5) is 24.3. The van der Waals surface area contributed by atoms with Crippen LogP contribution >= 0.6 is 11.6 Å². The SMILES string of the molecule is O=C(CCn1c(=O)oc2cc(Cl)ccc21)Oc1cccc2ccccc12. The molecule has 0 atom stereocenters. The van der Waals surface area contributed by atoms with Crippen LogP contribution in [0.15, 0.2) is 69.9 Å². The molecule has 0 amide bonds. The molecule has 0 aliphatic carbocycles. The van der Waals surface area contributed by atoms with Crippen molar-refractivity contribution >= 4 is 39.4 Å². The van der Waals surface area contributed by atoms with Crippen LogP contribution < -0.4 is 10.5 Å². The van der Waals surface area contributed by atoms with E-state index >= 15 is 0 Å². The Balaban J connectivity index is 1.53. The highest BCUT2D eigenvalue weighted by Crippen LogP contribution is 2.25. The molecule has 0 aliphatic heterocycles. The number of hydrogen-bond donors (Lipinski definition) is 0. The number of benzene rings is 3. The van der Waals surface area contributed by atoms with Gasteiger partial charge in [0, 0.05) is 23.0 Å². The van der Waals surface area contributed by atoms with Gasteiger partial charge in [0.1, 0.15) is 5.75 Å². The highest BCUT2D eigenvalue weighted by atomic mass is 35.5. The van der Waals surface area contributed by atoms with Crippen LogP contribution in [0.2, 0.25) is 5.02 Å². The fourth-order valence-corrected chi connectivity index (χ4v) is 3.08. The quantitative estimate of drug-likeness (QED) is 0.396. The molecule has 0 saturated carbocycles. The number of aromatic nitrogens is 1. The lowest BCUT2D eigenvalue weighted by molar-refractivity contribution is -0.134. The number of carbonyl (C=O) groups is 1. The zero-order valence-corrected chi connectivity index (χ0v) is 14.4. The zero-order valence-electron chi connectivity index (χ0n) is 13.6. The summed E-state index contributed by atoms with van der Waals surface area (Å²) in [5.41, 5.74) is 0.988. The average Bonchev–Trinajstić information content (AvgIpc) is 2.94. The minimum absolute atomic E-state index is 0.0421. The molecule has 4 rings (SSSR count). The van der Waals surface area contributed by atoms with Crippen LogP contribution in [0.3, 0.4) is 0 Å². The first-order valence-electron chi connectivity index (χ1n) is 8.09. The third-order valence-electron chi connectivity index (χ3n) is 4.14. The summed E-state index contributed by atoms with van der Waals surface area (Å²) in [5.74, 6) is -0.443. The molecule has 0 aliphatic rings. The van der Waals surface area contributed by atoms with Crippen molar-refractivity contribution < 1.29 is 13.9 Å². The number of halogens is 1. The molecule has 5 nitrogen and oxygen atoms in total. The van der Waals surface area contributed by atoms with Gasteiger partial charge in [-0.15, -0.1) is 0 Å². The maximum atomic E-state index is 12.3. The highest BCUT2D eigenvalue weighted by molar-refractivity contribution is 6.31. The van der Waals surface area contributed by atoms with Crippen molar-refractivity contribution in [2.75, 3.05) is 0 Å². The van der Waals surface area contributed by atoms with Gasteiger partial charge in [0.15, 0.2) is 5.58 Å². The smallest absolute Gasteiger partial charge is 0.419 e. The van der Waals surface area contributed by atoms with E-state index in [0.29, 0.717) is 21.9 Å². The predicted molar refractivity (Wildman–Crippen MR) is 99.7 cm³/mol. The number of fused-ring (bicyclic) bond motifs is 2. The van der Waals surface area contributed by atoms with Gasteiger partial charge in [-0.3, -0.25) is 9.36 Å². The first-order valence-corrected chi connectivity index (χ1v) is 8.47. The van der Waals surface area contributed by atoms with E-state index in [4.69, 9.17) is 20.8 Å². The van der Waals surface area contributed by atoms with E-state index < -0.39 is 11.7 Å². The normalized spacial score (nSPS) is 11.1. The van der Waals surface area contributed by atoms with Gasteiger partial charge in [-0.2, -0.15) is 0 Å². The summed E-state index contributed by atoms with van der Waals surface area (Å²) in [5, 5.41) is 2.34. The Morgan fingerprint density at radius 1 is 1.08 bits per heavy atom. The molecule has 0 spiro atoms. The Morgan fingerprint density at radius 2 is 1.88 bits per heavy atom. The van der Waals surface area contributed by atoms with Gasteiger partial charge in [-0.05, 0) is 23.6 Å². The zero-order chi connectivity index (χ0) is 18.1. The van der Waals surface area contributed by atoms with E-state index in [1.807, 2.05) is 36.4 Å². The van der Waals surface area contributed by atoms with Crippen LogP contribution in [0.1, 0.15) is 6.42 Å². The first-order chi connectivity index (χ1) is 12.6. The summed E-state index contributed by atoms with van der Waals surface area (Å²) in [6, 6.07) is 18.1. The lowest BCUT2D eigenvalue weighted by Crippen LogP contribution is -2.18. The Bertz CT molecular complexity index is 1170. The lowest BCUT2D eigenvalue weighted by atomic mass is 10.1. The average molecular weight is 368 g/mol. The number of aryl methyl sites for hydroxylation is 1. The topological polar surface area (TPSA) is 61.4 Å². The van der Waals surface area contributed by atoms with Gasteiger partial charge < -0.3 is 9.15 Å². The highest BCUT2D eigenvalue weighted by Gasteiger charge is 2.13. The molecule has 4 aromatic rings. The molecule has 1 heterocycles. The fraction of sp³-hybridized carbons (Fsp3) is 0.100. The van der Waals surface area contributed by atoms with Crippen LogP contribution in [-0.2, 0) is 11.3 Å². The molecule has 0 bridgehead atoms. The third-order valence-corrected chi connectivity index (χ3v) is 4.38. The Kier molecular flexibility index (Phi) is 4.22. The van der Waals surface area contributed by atoms with Gasteiger partial charge in [0.05, 0.1) is 11.9 Å². The Labute approximate surface area is 153 Å². The van der Waals surface area contributed by atoms with Crippen molar-refractivity contribution in [3.63, 3.8) is 0 Å². The van der Waals surface area contributed by atoms with Gasteiger partial charge in [0.2, 0.25) is 0 Å². The number of nitrogens with zero attached hydrogens (tertiary/aromatic N) is 1. The van der Waals surface area contributed by atoms with Crippen LogP contribution in [0, 0.1) is 0 Å². The second kappa shape index (κ2) is 6.69. The fourth-order valence-electron chi connectivity index (χ4n) is 2.91. The second-order valence-electron chi connectivity index (χ2n) is 5.83. The lowest BCUT2D eigenvalue weighted by Gasteiger charge is -2.08. The number of esters is 1. The summed E-state index contributed by atoms with van der Waals surface area (Å²) in [7, 11) is 0. The van der Waals surface area contributed by atoms with Crippen LogP contribution in [-0.4, -0.2) is 10.5 Å². The Hall–Kier alpha value is -3.05. The monoisotopic (exact) mass is 367 g/mol. The van der Waals surface area contributed by atoms with E-state index in [0.717, 1.165) is 10.8 Å². The summed E-state index contributed by atoms with van der Waals surface area (Å²) in [6.07, 6.45) is 0.0421. The van der Waals surface area contributed by atoms with Crippen molar-refractivity contribution in [1.82, 2.24) is 4.57 Å². The summed E-state index contributed by atoms with van der Waals surface area (Å²) < 4.78 is 12.0. The minimum Gasteiger partial charge on any atom is -0.426 e. The molecular formula is C20H14ClNO4. The number of rotatable bonds is 4. The molecule has 1 aromatic heterocycles. The van der Waals surface area contributed by atoms with Crippen molar-refractivity contribution in [2.24, 2.45) is 0 Å². The summed E-state index contributed by atoms with van der Waals surface area (Å²) in [6.45, 7) is 0.164. The number of ether oxygens (including phenoxy) is 1. The van der Waals surface area contributed by atoms with E-state index in [1.165, 1.54) is 4.57 Å². The van der Waals surface area contributed by atoms with Crippen LogP contribution in [0.5, 0.6) is 5.75 Å². The number of hydrogen-bond acceptors (Lipinski definition) is 4. The maximum absolute atomic E-state index is 12.3. The van der Waals surface area contributed by atoms with Crippen LogP contribution in [0.4, 0.5) is 0 Å². The Morgan fingerprint density at radius 3 is 2.77 bits per heavy atom. The maximum Gasteiger partial charge on any atom is 0.419 e. The molecule has 0 unspecified atom stereocenters. The largest absolute Gasteiger partial charge is 0.426 e.